The second-order valence-corrected chi connectivity index (χ2v) is 29.3. The predicted octanol–water partition coefficient (Wildman–Crippen LogP) is 21.3. The third-order valence-electron chi connectivity index (χ3n) is 21.1. The molecule has 20 aromatic rings. The summed E-state index contributed by atoms with van der Waals surface area (Å²) in [6.07, 6.45) is 15.1. The average Bonchev–Trinajstić information content (AvgIpc) is 1.60. The Balaban J connectivity index is 0.000000113. The molecule has 118 heavy (non-hydrogen) atoms. The number of furan rings is 4. The van der Waals surface area contributed by atoms with E-state index in [1.54, 1.807) is 18.3 Å². The molecular weight excluding hydrogens is 1510 g/mol. The number of aromatic nitrogens is 12. The fourth-order valence-electron chi connectivity index (χ4n) is 15.1. The van der Waals surface area contributed by atoms with Gasteiger partial charge in [0.05, 0.1) is 72.0 Å². The Hall–Kier alpha value is -14.6. The molecule has 0 aliphatic carbocycles. The Labute approximate surface area is 669 Å². The first-order chi connectivity index (χ1) is 56.9. The van der Waals surface area contributed by atoms with Crippen molar-refractivity contribution in [3.05, 3.63) is 312 Å². The quantitative estimate of drug-likeness (QED) is 0.0802. The molecule has 0 atom stereocenters. The summed E-state index contributed by atoms with van der Waals surface area (Å²) < 4.78 is 130. The van der Waals surface area contributed by atoms with E-state index < -0.39 is 41.2 Å². The third kappa shape index (κ3) is 14.2. The van der Waals surface area contributed by atoms with E-state index in [-0.39, 0.29) is 22.5 Å². The van der Waals surface area contributed by atoms with Gasteiger partial charge in [-0.15, -0.1) is 0 Å². The number of benzene rings is 4. The van der Waals surface area contributed by atoms with Gasteiger partial charge in [-0.25, -0.2) is 31.4 Å². The molecule has 580 valence electrons. The lowest BCUT2D eigenvalue weighted by atomic mass is 9.98. The van der Waals surface area contributed by atoms with Crippen LogP contribution in [0.1, 0.15) is 38.9 Å². The van der Waals surface area contributed by atoms with Gasteiger partial charge in [0.1, 0.15) is 45.6 Å². The minimum atomic E-state index is -0.907. The zero-order valence-electron chi connectivity index (χ0n) is 65.6. The van der Waals surface area contributed by atoms with Crippen LogP contribution in [0.15, 0.2) is 249 Å². The first-order valence-electron chi connectivity index (χ1n) is 37.6. The van der Waals surface area contributed by atoms with Gasteiger partial charge in [0.2, 0.25) is 69.4 Å². The second-order valence-electron chi connectivity index (χ2n) is 29.3. The average molecular weight is 1580 g/mol. The SMILES string of the molecule is Cc1cc(F)c2c(oc3nc(F)ccc32)c1-c1cc(-c2ccccn2)cc[n+]1C.Cc1ccc(-c2cc[n+](C)c(-c3c(C)cc(F)c4c3oc3nc(F)ccc34)c2)nc1.Cc1ccc(-c2cc[n+](C)c(-c3c(C)ccc4c3oc3nc(F)cc(F)c34)c2)nc1.Cc1ccc(-c2cc[n+](C)c(-c3c(C)ccc4c3oc3nc(F)ccc34)c2)nc1. The molecule has 0 aliphatic rings. The largest absolute Gasteiger partial charge is 0.437 e. The van der Waals surface area contributed by atoms with Crippen LogP contribution < -0.4 is 18.3 Å². The Morgan fingerprint density at radius 3 is 1.01 bits per heavy atom. The van der Waals surface area contributed by atoms with E-state index in [0.29, 0.717) is 66.1 Å². The van der Waals surface area contributed by atoms with E-state index >= 15 is 0 Å². The summed E-state index contributed by atoms with van der Waals surface area (Å²) in [7, 11) is 7.76. The Bertz CT molecular complexity index is 7420. The van der Waals surface area contributed by atoms with Gasteiger partial charge < -0.3 is 17.7 Å². The van der Waals surface area contributed by atoms with Crippen LogP contribution in [-0.2, 0) is 28.2 Å². The smallest absolute Gasteiger partial charge is 0.232 e. The Morgan fingerprint density at radius 2 is 0.610 bits per heavy atom. The van der Waals surface area contributed by atoms with Crippen LogP contribution in [0.2, 0.25) is 0 Å². The zero-order chi connectivity index (χ0) is 82.2. The van der Waals surface area contributed by atoms with E-state index in [0.717, 1.165) is 135 Å². The number of rotatable bonds is 8. The number of fused-ring (bicyclic) bond motifs is 12. The van der Waals surface area contributed by atoms with E-state index in [9.17, 15) is 30.7 Å². The van der Waals surface area contributed by atoms with Crippen LogP contribution in [-0.4, -0.2) is 39.9 Å². The number of hydrogen-bond acceptors (Lipinski definition) is 12. The molecule has 0 unspecified atom stereocenters. The van der Waals surface area contributed by atoms with Crippen LogP contribution in [0.3, 0.4) is 0 Å². The van der Waals surface area contributed by atoms with Crippen molar-refractivity contribution in [1.29, 1.82) is 0 Å². The van der Waals surface area contributed by atoms with E-state index in [1.807, 2.05) is 237 Å². The number of hydrogen-bond donors (Lipinski definition) is 0. The van der Waals surface area contributed by atoms with Crippen molar-refractivity contribution >= 4 is 88.3 Å². The van der Waals surface area contributed by atoms with Crippen molar-refractivity contribution in [2.75, 3.05) is 0 Å². The molecule has 0 saturated heterocycles. The minimum Gasteiger partial charge on any atom is -0.437 e. The summed E-state index contributed by atoms with van der Waals surface area (Å²) in [5.41, 5.74) is 23.1. The Kier molecular flexibility index (Phi) is 19.7. The van der Waals surface area contributed by atoms with Crippen molar-refractivity contribution in [3.8, 4) is 90.1 Å². The fraction of sp³-hybridized carbons (Fsp3) is 0.116. The molecule has 0 N–H and O–H groups in total. The molecule has 23 heteroatoms. The molecule has 16 aromatic heterocycles. The van der Waals surface area contributed by atoms with Gasteiger partial charge in [-0.2, -0.15) is 37.5 Å². The number of nitrogens with zero attached hydrogens (tertiary/aromatic N) is 12. The monoisotopic (exact) mass is 1580 g/mol. The highest BCUT2D eigenvalue weighted by Gasteiger charge is 2.30. The molecule has 0 spiro atoms. The lowest BCUT2D eigenvalue weighted by Gasteiger charge is -2.08. The highest BCUT2D eigenvalue weighted by atomic mass is 19.2. The molecule has 0 bridgehead atoms. The van der Waals surface area contributed by atoms with Gasteiger partial charge in [-0.05, 0) is 166 Å². The second kappa shape index (κ2) is 30.6. The van der Waals surface area contributed by atoms with Gasteiger partial charge in [0.25, 0.3) is 0 Å². The molecule has 16 heterocycles. The van der Waals surface area contributed by atoms with Crippen LogP contribution in [0.4, 0.5) is 30.7 Å². The van der Waals surface area contributed by atoms with E-state index in [4.69, 9.17) is 17.7 Å². The lowest BCUT2D eigenvalue weighted by molar-refractivity contribution is -0.660. The van der Waals surface area contributed by atoms with Gasteiger partial charge in [0.15, 0.2) is 47.1 Å². The molecule has 0 radical (unpaired) electrons. The normalized spacial score (nSPS) is 11.5. The summed E-state index contributed by atoms with van der Waals surface area (Å²) in [5.74, 6) is -4.32. The lowest BCUT2D eigenvalue weighted by Crippen LogP contribution is -2.30. The fourth-order valence-corrected chi connectivity index (χ4v) is 15.1. The molecular formula is C95H71F7N12O4+4. The van der Waals surface area contributed by atoms with Crippen molar-refractivity contribution < 1.29 is 66.7 Å². The maximum absolute atomic E-state index is 14.9. The predicted molar refractivity (Wildman–Crippen MR) is 438 cm³/mol. The highest BCUT2D eigenvalue weighted by molar-refractivity contribution is 6.12. The summed E-state index contributed by atoms with van der Waals surface area (Å²) in [6.45, 7) is 13.7. The van der Waals surface area contributed by atoms with Gasteiger partial charge in [-0.3, -0.25) is 19.9 Å². The highest BCUT2D eigenvalue weighted by Crippen LogP contribution is 2.44. The van der Waals surface area contributed by atoms with E-state index in [1.165, 1.54) is 42.5 Å². The van der Waals surface area contributed by atoms with Crippen LogP contribution in [0, 0.1) is 89.7 Å². The summed E-state index contributed by atoms with van der Waals surface area (Å²) in [5, 5.41) is 3.98. The Morgan fingerprint density at radius 1 is 0.271 bits per heavy atom. The minimum absolute atomic E-state index is 0.0478. The molecule has 20 rings (SSSR count). The standard InChI is InChI=1S/2C24H18F2N3O.C24H19FN3O.C23H16F2N3O/c1-13-4-7-18(27-12-13)15-8-9-29(3)19(10-15)21-14(2)5-6-16-22-17(25)11-20(26)28-24(22)30-23(16)21;1-13-4-6-18(27-12-13)15-8-9-29(3)19(11-15)21-14(2)10-17(25)22-16-5-7-20(26)28-24(16)30-23(21)22;1-14-4-8-19(26-13-14)16-10-11-28(3)20(12-16)22-15(2)5-6-17-18-7-9-21(25)27-24(18)29-23(17)22;1-13-11-16(24)21-15-6-7-19(25)27-23(15)29-22(21)20(13)18-12-14(8-10-28(18)2)17-5-3-4-9-26-17/h2*4-12H,1-3H3;4-13H,1-3H3;3-12H,1-2H3/q4*+1. The topological polar surface area (TPSA) is 171 Å². The first-order valence-corrected chi connectivity index (χ1v) is 37.6. The molecule has 4 aromatic carbocycles. The van der Waals surface area contributed by atoms with Crippen molar-refractivity contribution in [2.45, 2.75) is 48.5 Å². The van der Waals surface area contributed by atoms with Gasteiger partial charge in [-0.1, -0.05) is 48.5 Å². The summed E-state index contributed by atoms with van der Waals surface area (Å²) in [6, 6.07) is 53.9. The van der Waals surface area contributed by atoms with Crippen LogP contribution >= 0.6 is 0 Å². The number of pyridine rings is 12. The molecule has 0 saturated carbocycles. The summed E-state index contributed by atoms with van der Waals surface area (Å²) in [4.78, 5) is 33.3. The first kappa shape index (κ1) is 76.0. The van der Waals surface area contributed by atoms with Crippen molar-refractivity contribution in [3.63, 3.8) is 0 Å². The number of aryl methyl sites for hydroxylation is 11. The maximum Gasteiger partial charge on any atom is 0.232 e. The van der Waals surface area contributed by atoms with E-state index in [2.05, 4.69) is 62.6 Å². The van der Waals surface area contributed by atoms with Crippen molar-refractivity contribution in [1.82, 2.24) is 39.9 Å². The molecule has 16 nitrogen and oxygen atoms in total. The summed E-state index contributed by atoms with van der Waals surface area (Å²) >= 11 is 0. The van der Waals surface area contributed by atoms with Crippen LogP contribution in [0.5, 0.6) is 0 Å². The van der Waals surface area contributed by atoms with Gasteiger partial charge >= 0.3 is 0 Å². The molecule has 0 amide bonds. The zero-order valence-corrected chi connectivity index (χ0v) is 65.6. The maximum atomic E-state index is 14.9. The number of halogens is 7. The van der Waals surface area contributed by atoms with Gasteiger partial charge in [0, 0.05) is 118 Å². The molecule has 0 aliphatic heterocycles. The van der Waals surface area contributed by atoms with Crippen LogP contribution in [0.25, 0.3) is 178 Å². The third-order valence-corrected chi connectivity index (χ3v) is 21.1. The van der Waals surface area contributed by atoms with Crippen molar-refractivity contribution in [2.24, 2.45) is 28.2 Å². The molecule has 0 fully saturated rings.